The molecule has 1 aromatic heterocycles. The molecule has 1 aliphatic heterocycles. The third-order valence-electron chi connectivity index (χ3n) is 5.10. The molecule has 2 heterocycles. The summed E-state index contributed by atoms with van der Waals surface area (Å²) in [6.07, 6.45) is 2.79. The normalized spacial score (nSPS) is 15.3. The maximum Gasteiger partial charge on any atom is 0.254 e. The van der Waals surface area contributed by atoms with Gasteiger partial charge in [0, 0.05) is 44.3 Å². The summed E-state index contributed by atoms with van der Waals surface area (Å²) >= 11 is 0. The van der Waals surface area contributed by atoms with E-state index in [-0.39, 0.29) is 5.91 Å². The zero-order chi connectivity index (χ0) is 17.8. The first-order valence-electron chi connectivity index (χ1n) is 9.20. The van der Waals surface area contributed by atoms with E-state index >= 15 is 0 Å². The highest BCUT2D eigenvalue weighted by Crippen LogP contribution is 2.19. The van der Waals surface area contributed by atoms with E-state index in [2.05, 4.69) is 40.2 Å². The molecule has 3 aromatic rings. The van der Waals surface area contributed by atoms with E-state index in [1.165, 1.54) is 5.56 Å². The Bertz CT molecular complexity index is 881. The van der Waals surface area contributed by atoms with E-state index < -0.39 is 0 Å². The number of piperazine rings is 1. The molecular weight excluding hydrogens is 322 g/mol. The van der Waals surface area contributed by atoms with Gasteiger partial charge in [-0.15, -0.1) is 0 Å². The molecule has 0 unspecified atom stereocenters. The molecule has 4 heteroatoms. The van der Waals surface area contributed by atoms with Crippen LogP contribution in [0.1, 0.15) is 15.9 Å². The molecule has 0 saturated carbocycles. The first kappa shape index (κ1) is 16.7. The molecule has 0 bridgehead atoms. The Morgan fingerprint density at radius 2 is 1.62 bits per heavy atom. The third kappa shape index (κ3) is 3.60. The quantitative estimate of drug-likeness (QED) is 0.728. The molecule has 1 amide bonds. The molecular formula is C22H23N3O. The zero-order valence-electron chi connectivity index (χ0n) is 14.8. The number of para-hydroxylation sites is 1. The summed E-state index contributed by atoms with van der Waals surface area (Å²) in [7, 11) is 0. The lowest BCUT2D eigenvalue weighted by molar-refractivity contribution is 0.0640. The number of hydrogen-bond donors (Lipinski definition) is 0. The van der Waals surface area contributed by atoms with Crippen LogP contribution in [0.15, 0.2) is 66.9 Å². The van der Waals surface area contributed by atoms with Gasteiger partial charge in [0.15, 0.2) is 0 Å². The number of amides is 1. The molecule has 26 heavy (non-hydrogen) atoms. The van der Waals surface area contributed by atoms with E-state index in [0.29, 0.717) is 0 Å². The summed E-state index contributed by atoms with van der Waals surface area (Å²) < 4.78 is 0. The lowest BCUT2D eigenvalue weighted by Gasteiger charge is -2.35. The predicted molar refractivity (Wildman–Crippen MR) is 104 cm³/mol. The number of benzene rings is 2. The lowest BCUT2D eigenvalue weighted by Crippen LogP contribution is -2.49. The Hall–Kier alpha value is -2.72. The van der Waals surface area contributed by atoms with Gasteiger partial charge in [-0.1, -0.05) is 48.5 Å². The molecule has 1 fully saturated rings. The summed E-state index contributed by atoms with van der Waals surface area (Å²) in [4.78, 5) is 21.8. The highest BCUT2D eigenvalue weighted by atomic mass is 16.2. The maximum atomic E-state index is 13.0. The number of aromatic nitrogens is 1. The average Bonchev–Trinajstić information content (AvgIpc) is 2.72. The van der Waals surface area contributed by atoms with E-state index in [0.717, 1.165) is 55.6 Å². The Morgan fingerprint density at radius 1 is 0.885 bits per heavy atom. The highest BCUT2D eigenvalue weighted by molar-refractivity contribution is 6.06. The van der Waals surface area contributed by atoms with Gasteiger partial charge in [-0.2, -0.15) is 0 Å². The largest absolute Gasteiger partial charge is 0.336 e. The molecule has 0 radical (unpaired) electrons. The lowest BCUT2D eigenvalue weighted by atomic mass is 10.1. The Morgan fingerprint density at radius 3 is 2.42 bits per heavy atom. The van der Waals surface area contributed by atoms with Crippen LogP contribution in [0.3, 0.4) is 0 Å². The van der Waals surface area contributed by atoms with Crippen molar-refractivity contribution in [3.63, 3.8) is 0 Å². The molecule has 0 aliphatic carbocycles. The van der Waals surface area contributed by atoms with Gasteiger partial charge >= 0.3 is 0 Å². The van der Waals surface area contributed by atoms with Crippen LogP contribution in [-0.4, -0.2) is 53.4 Å². The van der Waals surface area contributed by atoms with Crippen LogP contribution in [0, 0.1) is 0 Å². The smallest absolute Gasteiger partial charge is 0.254 e. The molecule has 4 nitrogen and oxygen atoms in total. The minimum atomic E-state index is 0.117. The van der Waals surface area contributed by atoms with E-state index in [1.54, 1.807) is 6.20 Å². The number of nitrogens with zero attached hydrogens (tertiary/aromatic N) is 3. The van der Waals surface area contributed by atoms with Gasteiger partial charge < -0.3 is 4.90 Å². The summed E-state index contributed by atoms with van der Waals surface area (Å²) in [5.41, 5.74) is 3.00. The van der Waals surface area contributed by atoms with Gasteiger partial charge in [0.25, 0.3) is 5.91 Å². The predicted octanol–water partition coefficient (Wildman–Crippen LogP) is 3.24. The summed E-state index contributed by atoms with van der Waals surface area (Å²) in [5.74, 6) is 0.117. The third-order valence-corrected chi connectivity index (χ3v) is 5.10. The fraction of sp³-hybridized carbons (Fsp3) is 0.273. The number of hydrogen-bond acceptors (Lipinski definition) is 3. The van der Waals surface area contributed by atoms with Gasteiger partial charge in [-0.05, 0) is 24.1 Å². The van der Waals surface area contributed by atoms with Crippen molar-refractivity contribution in [3.05, 3.63) is 78.0 Å². The number of pyridine rings is 1. The second-order valence-corrected chi connectivity index (χ2v) is 6.75. The maximum absolute atomic E-state index is 13.0. The van der Waals surface area contributed by atoms with Crippen LogP contribution in [0.2, 0.25) is 0 Å². The van der Waals surface area contributed by atoms with Crippen LogP contribution in [-0.2, 0) is 6.42 Å². The average molecular weight is 345 g/mol. The number of fused-ring (bicyclic) bond motifs is 1. The molecule has 2 aromatic carbocycles. The molecule has 0 N–H and O–H groups in total. The molecule has 0 atom stereocenters. The number of carbonyl (C=O) groups is 1. The van der Waals surface area contributed by atoms with Crippen molar-refractivity contribution in [3.8, 4) is 0 Å². The fourth-order valence-corrected chi connectivity index (χ4v) is 3.56. The van der Waals surface area contributed by atoms with Crippen molar-refractivity contribution < 1.29 is 4.79 Å². The topological polar surface area (TPSA) is 36.4 Å². The van der Waals surface area contributed by atoms with Crippen LogP contribution in [0.5, 0.6) is 0 Å². The van der Waals surface area contributed by atoms with Crippen LogP contribution < -0.4 is 0 Å². The standard InChI is InChI=1S/C22H23N3O/c26-22(20-10-12-23-21-9-5-4-8-19(20)21)25-16-14-24(15-17-25)13-11-18-6-2-1-3-7-18/h1-10,12H,11,13-17H2. The SMILES string of the molecule is O=C(c1ccnc2ccccc12)N1CCN(CCc2ccccc2)CC1. The van der Waals surface area contributed by atoms with Gasteiger partial charge in [-0.3, -0.25) is 14.7 Å². The Balaban J connectivity index is 1.37. The van der Waals surface area contributed by atoms with Crippen LogP contribution >= 0.6 is 0 Å². The van der Waals surface area contributed by atoms with Gasteiger partial charge in [0.2, 0.25) is 0 Å². The van der Waals surface area contributed by atoms with Crippen molar-refractivity contribution in [1.29, 1.82) is 0 Å². The fourth-order valence-electron chi connectivity index (χ4n) is 3.56. The monoisotopic (exact) mass is 345 g/mol. The van der Waals surface area contributed by atoms with Crippen LogP contribution in [0.4, 0.5) is 0 Å². The zero-order valence-corrected chi connectivity index (χ0v) is 14.8. The second-order valence-electron chi connectivity index (χ2n) is 6.75. The number of rotatable bonds is 4. The molecule has 1 aliphatic rings. The summed E-state index contributed by atoms with van der Waals surface area (Å²) in [5, 5.41) is 0.937. The van der Waals surface area contributed by atoms with E-state index in [9.17, 15) is 4.79 Å². The number of carbonyl (C=O) groups excluding carboxylic acids is 1. The molecule has 4 rings (SSSR count). The molecule has 1 saturated heterocycles. The van der Waals surface area contributed by atoms with Gasteiger partial charge in [-0.25, -0.2) is 0 Å². The van der Waals surface area contributed by atoms with Crippen molar-refractivity contribution in [2.45, 2.75) is 6.42 Å². The molecule has 0 spiro atoms. The van der Waals surface area contributed by atoms with Crippen molar-refractivity contribution in [2.24, 2.45) is 0 Å². The summed E-state index contributed by atoms with van der Waals surface area (Å²) in [6.45, 7) is 4.47. The molecule has 132 valence electrons. The Labute approximate surface area is 154 Å². The van der Waals surface area contributed by atoms with Gasteiger partial charge in [0.1, 0.15) is 0 Å². The minimum absolute atomic E-state index is 0.117. The van der Waals surface area contributed by atoms with E-state index in [1.807, 2.05) is 35.2 Å². The second kappa shape index (κ2) is 7.67. The van der Waals surface area contributed by atoms with E-state index in [4.69, 9.17) is 0 Å². The highest BCUT2D eigenvalue weighted by Gasteiger charge is 2.23. The van der Waals surface area contributed by atoms with Crippen molar-refractivity contribution in [1.82, 2.24) is 14.8 Å². The Kier molecular flexibility index (Phi) is 4.93. The van der Waals surface area contributed by atoms with Gasteiger partial charge in [0.05, 0.1) is 11.1 Å². The van der Waals surface area contributed by atoms with Crippen LogP contribution in [0.25, 0.3) is 10.9 Å². The summed E-state index contributed by atoms with van der Waals surface area (Å²) in [6, 6.07) is 20.3. The van der Waals surface area contributed by atoms with Crippen molar-refractivity contribution >= 4 is 16.8 Å². The minimum Gasteiger partial charge on any atom is -0.336 e. The first-order chi connectivity index (χ1) is 12.8. The van der Waals surface area contributed by atoms with Crippen molar-refractivity contribution in [2.75, 3.05) is 32.7 Å². The first-order valence-corrected chi connectivity index (χ1v) is 9.20.